The minimum Gasteiger partial charge on any atom is -0.338 e. The standard InChI is InChI=1S/C16H20F3N3O2/c1-2-7-20-15(24)22-10-8-21(9-11-22)14(23)12-3-5-13(6-4-12)16(17,18)19/h3-6H,2,7-11H2,1H3,(H,20,24). The fraction of sp³-hybridized carbons (Fsp3) is 0.500. The Morgan fingerprint density at radius 1 is 1.04 bits per heavy atom. The highest BCUT2D eigenvalue weighted by molar-refractivity contribution is 5.94. The van der Waals surface area contributed by atoms with Gasteiger partial charge < -0.3 is 15.1 Å². The second-order valence-corrected chi connectivity index (χ2v) is 5.59. The smallest absolute Gasteiger partial charge is 0.338 e. The molecule has 1 aromatic carbocycles. The Morgan fingerprint density at radius 2 is 1.58 bits per heavy atom. The molecule has 132 valence electrons. The quantitative estimate of drug-likeness (QED) is 0.917. The van der Waals surface area contributed by atoms with E-state index in [9.17, 15) is 22.8 Å². The molecule has 2 rings (SSSR count). The second-order valence-electron chi connectivity index (χ2n) is 5.59. The zero-order chi connectivity index (χ0) is 17.7. The number of benzene rings is 1. The number of carbonyl (C=O) groups excluding carboxylic acids is 2. The van der Waals surface area contributed by atoms with Crippen LogP contribution in [0.1, 0.15) is 29.3 Å². The molecule has 0 saturated carbocycles. The van der Waals surface area contributed by atoms with Crippen LogP contribution in [0.2, 0.25) is 0 Å². The molecule has 0 spiro atoms. The zero-order valence-electron chi connectivity index (χ0n) is 13.4. The van der Waals surface area contributed by atoms with E-state index in [0.29, 0.717) is 32.7 Å². The number of halogens is 3. The fourth-order valence-electron chi connectivity index (χ4n) is 2.44. The molecule has 0 atom stereocenters. The van der Waals surface area contributed by atoms with Gasteiger partial charge in [-0.25, -0.2) is 4.79 Å². The van der Waals surface area contributed by atoms with Gasteiger partial charge in [-0.05, 0) is 30.7 Å². The minimum absolute atomic E-state index is 0.154. The average Bonchev–Trinajstić information content (AvgIpc) is 2.58. The number of rotatable bonds is 3. The van der Waals surface area contributed by atoms with Crippen LogP contribution in [0, 0.1) is 0 Å². The van der Waals surface area contributed by atoms with Crippen LogP contribution >= 0.6 is 0 Å². The third kappa shape index (κ3) is 4.39. The normalized spacial score (nSPS) is 15.3. The van der Waals surface area contributed by atoms with Crippen molar-refractivity contribution < 1.29 is 22.8 Å². The molecule has 1 aliphatic rings. The van der Waals surface area contributed by atoms with Crippen molar-refractivity contribution in [1.82, 2.24) is 15.1 Å². The Hall–Kier alpha value is -2.25. The number of hydrogen-bond acceptors (Lipinski definition) is 2. The van der Waals surface area contributed by atoms with E-state index in [1.165, 1.54) is 12.1 Å². The molecule has 1 heterocycles. The van der Waals surface area contributed by atoms with Gasteiger partial charge in [0.15, 0.2) is 0 Å². The Morgan fingerprint density at radius 3 is 2.08 bits per heavy atom. The van der Waals surface area contributed by atoms with Crippen molar-refractivity contribution in [2.75, 3.05) is 32.7 Å². The first-order valence-electron chi connectivity index (χ1n) is 7.82. The number of piperazine rings is 1. The average molecular weight is 343 g/mol. The summed E-state index contributed by atoms with van der Waals surface area (Å²) in [6.07, 6.45) is -3.57. The molecule has 1 saturated heterocycles. The molecule has 5 nitrogen and oxygen atoms in total. The molecule has 1 aromatic rings. The van der Waals surface area contributed by atoms with Crippen molar-refractivity contribution in [2.45, 2.75) is 19.5 Å². The summed E-state index contributed by atoms with van der Waals surface area (Å²) in [6, 6.07) is 4.03. The first-order valence-corrected chi connectivity index (χ1v) is 7.82. The summed E-state index contributed by atoms with van der Waals surface area (Å²) in [5, 5.41) is 2.78. The predicted molar refractivity (Wildman–Crippen MR) is 82.6 cm³/mol. The largest absolute Gasteiger partial charge is 0.416 e. The molecule has 24 heavy (non-hydrogen) atoms. The highest BCUT2D eigenvalue weighted by Gasteiger charge is 2.31. The highest BCUT2D eigenvalue weighted by atomic mass is 19.4. The van der Waals surface area contributed by atoms with Gasteiger partial charge in [0, 0.05) is 38.3 Å². The van der Waals surface area contributed by atoms with E-state index in [2.05, 4.69) is 5.32 Å². The van der Waals surface area contributed by atoms with E-state index in [1.54, 1.807) is 9.80 Å². The van der Waals surface area contributed by atoms with Gasteiger partial charge in [0.1, 0.15) is 0 Å². The number of nitrogens with one attached hydrogen (secondary N) is 1. The maximum atomic E-state index is 12.5. The van der Waals surface area contributed by atoms with E-state index < -0.39 is 11.7 Å². The lowest BCUT2D eigenvalue weighted by Crippen LogP contribution is -2.53. The van der Waals surface area contributed by atoms with E-state index >= 15 is 0 Å². The Labute approximate surface area is 138 Å². The summed E-state index contributed by atoms with van der Waals surface area (Å²) in [5.74, 6) is -0.322. The lowest BCUT2D eigenvalue weighted by molar-refractivity contribution is -0.137. The van der Waals surface area contributed by atoms with Gasteiger partial charge in [0.05, 0.1) is 5.56 Å². The number of urea groups is 1. The van der Waals surface area contributed by atoms with Gasteiger partial charge in [-0.1, -0.05) is 6.92 Å². The van der Waals surface area contributed by atoms with Gasteiger partial charge in [0.2, 0.25) is 0 Å². The van der Waals surface area contributed by atoms with Gasteiger partial charge in [-0.3, -0.25) is 4.79 Å². The number of carbonyl (C=O) groups is 2. The monoisotopic (exact) mass is 343 g/mol. The lowest BCUT2D eigenvalue weighted by Gasteiger charge is -2.34. The molecular weight excluding hydrogens is 323 g/mol. The van der Waals surface area contributed by atoms with E-state index in [0.717, 1.165) is 18.6 Å². The van der Waals surface area contributed by atoms with Crippen molar-refractivity contribution in [3.05, 3.63) is 35.4 Å². The summed E-state index contributed by atoms with van der Waals surface area (Å²) in [5.41, 5.74) is -0.566. The molecule has 8 heteroatoms. The molecule has 1 aliphatic heterocycles. The number of amides is 3. The second kappa shape index (κ2) is 7.55. The summed E-state index contributed by atoms with van der Waals surface area (Å²) in [4.78, 5) is 27.4. The molecule has 0 aromatic heterocycles. The third-order valence-corrected chi connectivity index (χ3v) is 3.84. The summed E-state index contributed by atoms with van der Waals surface area (Å²) >= 11 is 0. The Balaban J connectivity index is 1.92. The first kappa shape index (κ1) is 18.1. The van der Waals surface area contributed by atoms with Gasteiger partial charge in [-0.15, -0.1) is 0 Å². The molecule has 0 unspecified atom stereocenters. The topological polar surface area (TPSA) is 52.7 Å². The van der Waals surface area contributed by atoms with Crippen LogP contribution in [0.4, 0.5) is 18.0 Å². The molecule has 1 N–H and O–H groups in total. The first-order chi connectivity index (χ1) is 11.3. The van der Waals surface area contributed by atoms with Gasteiger partial charge in [-0.2, -0.15) is 13.2 Å². The summed E-state index contributed by atoms with van der Waals surface area (Å²) in [6.45, 7) is 4.09. The van der Waals surface area contributed by atoms with Crippen LogP contribution in [-0.4, -0.2) is 54.5 Å². The summed E-state index contributed by atoms with van der Waals surface area (Å²) < 4.78 is 37.6. The van der Waals surface area contributed by atoms with Crippen LogP contribution < -0.4 is 5.32 Å². The lowest BCUT2D eigenvalue weighted by atomic mass is 10.1. The van der Waals surface area contributed by atoms with Gasteiger partial charge >= 0.3 is 12.2 Å². The molecule has 0 radical (unpaired) electrons. The minimum atomic E-state index is -4.42. The van der Waals surface area contributed by atoms with Crippen LogP contribution in [0.3, 0.4) is 0 Å². The fourth-order valence-corrected chi connectivity index (χ4v) is 2.44. The SMILES string of the molecule is CCCNC(=O)N1CCN(C(=O)c2ccc(C(F)(F)F)cc2)CC1. The van der Waals surface area contributed by atoms with Crippen molar-refractivity contribution in [2.24, 2.45) is 0 Å². The Kier molecular flexibility index (Phi) is 5.69. The van der Waals surface area contributed by atoms with Crippen LogP contribution in [0.15, 0.2) is 24.3 Å². The zero-order valence-corrected chi connectivity index (χ0v) is 13.4. The molecule has 0 bridgehead atoms. The molecular formula is C16H20F3N3O2. The van der Waals surface area contributed by atoms with Gasteiger partial charge in [0.25, 0.3) is 5.91 Å². The van der Waals surface area contributed by atoms with E-state index in [4.69, 9.17) is 0 Å². The summed E-state index contributed by atoms with van der Waals surface area (Å²) in [7, 11) is 0. The van der Waals surface area contributed by atoms with Crippen LogP contribution in [-0.2, 0) is 6.18 Å². The highest BCUT2D eigenvalue weighted by Crippen LogP contribution is 2.29. The predicted octanol–water partition coefficient (Wildman–Crippen LogP) is 2.58. The molecule has 3 amide bonds. The molecule has 1 fully saturated rings. The van der Waals surface area contributed by atoms with Crippen molar-refractivity contribution in [3.8, 4) is 0 Å². The van der Waals surface area contributed by atoms with Crippen LogP contribution in [0.25, 0.3) is 0 Å². The van der Waals surface area contributed by atoms with Crippen molar-refractivity contribution >= 4 is 11.9 Å². The Bertz CT molecular complexity index is 579. The van der Waals surface area contributed by atoms with Crippen molar-refractivity contribution in [1.29, 1.82) is 0 Å². The maximum absolute atomic E-state index is 12.5. The molecule has 0 aliphatic carbocycles. The third-order valence-electron chi connectivity index (χ3n) is 3.84. The van der Waals surface area contributed by atoms with Crippen LogP contribution in [0.5, 0.6) is 0 Å². The van der Waals surface area contributed by atoms with E-state index in [1.807, 2.05) is 6.92 Å². The number of nitrogens with zero attached hydrogens (tertiary/aromatic N) is 2. The maximum Gasteiger partial charge on any atom is 0.416 e. The van der Waals surface area contributed by atoms with E-state index in [-0.39, 0.29) is 17.5 Å². The number of hydrogen-bond donors (Lipinski definition) is 1. The van der Waals surface area contributed by atoms with Crippen molar-refractivity contribution in [3.63, 3.8) is 0 Å². The number of alkyl halides is 3.